The third-order valence-corrected chi connectivity index (χ3v) is 3.81. The van der Waals surface area contributed by atoms with Crippen LogP contribution in [-0.2, 0) is 13.2 Å². The normalized spacial score (nSPS) is 10.3. The molecule has 4 nitrogen and oxygen atoms in total. The van der Waals surface area contributed by atoms with Gasteiger partial charge in [0.1, 0.15) is 23.9 Å². The molecule has 2 aromatic carbocycles. The van der Waals surface area contributed by atoms with E-state index in [1.807, 2.05) is 30.3 Å². The van der Waals surface area contributed by atoms with E-state index in [1.165, 1.54) is 0 Å². The van der Waals surface area contributed by atoms with Crippen LogP contribution in [0.5, 0.6) is 17.2 Å². The summed E-state index contributed by atoms with van der Waals surface area (Å²) in [5, 5.41) is 0. The lowest BCUT2D eigenvalue weighted by Crippen LogP contribution is -2.00. The van der Waals surface area contributed by atoms with Crippen molar-refractivity contribution in [2.75, 3.05) is 14.2 Å². The predicted molar refractivity (Wildman–Crippen MR) is 85.9 cm³/mol. The van der Waals surface area contributed by atoms with E-state index in [9.17, 15) is 0 Å². The molecule has 0 heterocycles. The standard InChI is InChI=1S/C16H18BrNO3/c1-19-13-6-14(20-2)8-15(7-13)21-10-12-4-3-11(9-18)5-16(12)17/h3-8H,9-10,18H2,1-2H3. The Labute approximate surface area is 132 Å². The largest absolute Gasteiger partial charge is 0.496 e. The summed E-state index contributed by atoms with van der Waals surface area (Å²) in [6.45, 7) is 0.967. The van der Waals surface area contributed by atoms with Crippen LogP contribution in [0.2, 0.25) is 0 Å². The molecule has 0 radical (unpaired) electrons. The average Bonchev–Trinajstić information content (AvgIpc) is 2.53. The van der Waals surface area contributed by atoms with Crippen LogP contribution in [0.3, 0.4) is 0 Å². The maximum Gasteiger partial charge on any atom is 0.127 e. The third kappa shape index (κ3) is 4.12. The van der Waals surface area contributed by atoms with Gasteiger partial charge in [0, 0.05) is 34.8 Å². The zero-order valence-corrected chi connectivity index (χ0v) is 13.6. The number of ether oxygens (including phenoxy) is 3. The quantitative estimate of drug-likeness (QED) is 0.865. The first-order valence-corrected chi connectivity index (χ1v) is 7.28. The summed E-state index contributed by atoms with van der Waals surface area (Å²) in [6.07, 6.45) is 0. The number of nitrogens with two attached hydrogens (primary N) is 1. The van der Waals surface area contributed by atoms with Crippen molar-refractivity contribution in [3.8, 4) is 17.2 Å². The highest BCUT2D eigenvalue weighted by atomic mass is 79.9. The van der Waals surface area contributed by atoms with Crippen LogP contribution in [0.1, 0.15) is 11.1 Å². The van der Waals surface area contributed by atoms with Gasteiger partial charge in [0.25, 0.3) is 0 Å². The minimum Gasteiger partial charge on any atom is -0.496 e. The zero-order valence-electron chi connectivity index (χ0n) is 12.1. The smallest absolute Gasteiger partial charge is 0.127 e. The van der Waals surface area contributed by atoms with Crippen molar-refractivity contribution in [2.45, 2.75) is 13.2 Å². The van der Waals surface area contributed by atoms with E-state index in [0.717, 1.165) is 15.6 Å². The second kappa shape index (κ2) is 7.33. The number of rotatable bonds is 6. The van der Waals surface area contributed by atoms with Crippen LogP contribution in [0.25, 0.3) is 0 Å². The van der Waals surface area contributed by atoms with E-state index in [4.69, 9.17) is 19.9 Å². The Morgan fingerprint density at radius 2 is 1.57 bits per heavy atom. The molecule has 2 N–H and O–H groups in total. The minimum atomic E-state index is 0.446. The summed E-state index contributed by atoms with van der Waals surface area (Å²) in [7, 11) is 3.22. The highest BCUT2D eigenvalue weighted by Gasteiger charge is 2.06. The molecule has 2 aromatic rings. The molecule has 21 heavy (non-hydrogen) atoms. The van der Waals surface area contributed by atoms with E-state index in [2.05, 4.69) is 15.9 Å². The van der Waals surface area contributed by atoms with Gasteiger partial charge in [-0.25, -0.2) is 0 Å². The van der Waals surface area contributed by atoms with Gasteiger partial charge in [0.15, 0.2) is 0 Å². The Morgan fingerprint density at radius 3 is 2.10 bits per heavy atom. The number of benzene rings is 2. The van der Waals surface area contributed by atoms with Crippen molar-refractivity contribution >= 4 is 15.9 Å². The van der Waals surface area contributed by atoms with E-state index in [-0.39, 0.29) is 0 Å². The van der Waals surface area contributed by atoms with Crippen molar-refractivity contribution in [1.29, 1.82) is 0 Å². The lowest BCUT2D eigenvalue weighted by Gasteiger charge is -2.11. The third-order valence-electron chi connectivity index (χ3n) is 3.07. The highest BCUT2D eigenvalue weighted by molar-refractivity contribution is 9.10. The summed E-state index contributed by atoms with van der Waals surface area (Å²) < 4.78 is 17.2. The van der Waals surface area contributed by atoms with Crippen LogP contribution in [-0.4, -0.2) is 14.2 Å². The molecular formula is C16H18BrNO3. The van der Waals surface area contributed by atoms with E-state index in [0.29, 0.717) is 30.4 Å². The van der Waals surface area contributed by atoms with E-state index in [1.54, 1.807) is 20.3 Å². The minimum absolute atomic E-state index is 0.446. The second-order valence-electron chi connectivity index (χ2n) is 4.47. The van der Waals surface area contributed by atoms with Crippen LogP contribution < -0.4 is 19.9 Å². The van der Waals surface area contributed by atoms with Gasteiger partial charge in [-0.2, -0.15) is 0 Å². The summed E-state index contributed by atoms with van der Waals surface area (Å²) in [5.74, 6) is 2.09. The predicted octanol–water partition coefficient (Wildman–Crippen LogP) is 3.50. The van der Waals surface area contributed by atoms with Gasteiger partial charge in [0.2, 0.25) is 0 Å². The lowest BCUT2D eigenvalue weighted by atomic mass is 10.1. The van der Waals surface area contributed by atoms with Gasteiger partial charge in [0.05, 0.1) is 14.2 Å². The molecule has 112 valence electrons. The fourth-order valence-corrected chi connectivity index (χ4v) is 2.40. The van der Waals surface area contributed by atoms with Gasteiger partial charge < -0.3 is 19.9 Å². The van der Waals surface area contributed by atoms with Crippen molar-refractivity contribution in [3.63, 3.8) is 0 Å². The summed E-state index contributed by atoms with van der Waals surface area (Å²) in [5.41, 5.74) is 7.75. The molecule has 0 spiro atoms. The first-order chi connectivity index (χ1) is 10.2. The molecule has 0 saturated carbocycles. The van der Waals surface area contributed by atoms with Gasteiger partial charge in [-0.3, -0.25) is 0 Å². The number of hydrogen-bond donors (Lipinski definition) is 1. The molecule has 0 amide bonds. The Bertz CT molecular complexity index is 594. The maximum absolute atomic E-state index is 5.81. The van der Waals surface area contributed by atoms with Gasteiger partial charge >= 0.3 is 0 Å². The Hall–Kier alpha value is -1.72. The maximum atomic E-state index is 5.81. The second-order valence-corrected chi connectivity index (χ2v) is 5.32. The molecule has 5 heteroatoms. The van der Waals surface area contributed by atoms with Crippen molar-refractivity contribution < 1.29 is 14.2 Å². The van der Waals surface area contributed by atoms with Gasteiger partial charge in [-0.1, -0.05) is 28.1 Å². The molecule has 0 saturated heterocycles. The van der Waals surface area contributed by atoms with Gasteiger partial charge in [-0.05, 0) is 11.6 Å². The first kappa shape index (κ1) is 15.7. The fraction of sp³-hybridized carbons (Fsp3) is 0.250. The number of hydrogen-bond acceptors (Lipinski definition) is 4. The van der Waals surface area contributed by atoms with Crippen LogP contribution in [0.4, 0.5) is 0 Å². The van der Waals surface area contributed by atoms with Crippen molar-refractivity contribution in [3.05, 3.63) is 52.0 Å². The molecule has 0 atom stereocenters. The molecule has 0 unspecified atom stereocenters. The molecule has 0 aromatic heterocycles. The van der Waals surface area contributed by atoms with Crippen LogP contribution >= 0.6 is 15.9 Å². The molecule has 0 aliphatic heterocycles. The summed E-state index contributed by atoms with van der Waals surface area (Å²) in [4.78, 5) is 0. The van der Waals surface area contributed by atoms with Gasteiger partial charge in [-0.15, -0.1) is 0 Å². The number of methoxy groups -OCH3 is 2. The molecule has 2 rings (SSSR count). The number of halogens is 1. The monoisotopic (exact) mass is 351 g/mol. The average molecular weight is 352 g/mol. The van der Waals surface area contributed by atoms with Crippen molar-refractivity contribution in [2.24, 2.45) is 5.73 Å². The topological polar surface area (TPSA) is 53.7 Å². The van der Waals surface area contributed by atoms with Crippen LogP contribution in [0.15, 0.2) is 40.9 Å². The molecular weight excluding hydrogens is 334 g/mol. The fourth-order valence-electron chi connectivity index (χ4n) is 1.86. The first-order valence-electron chi connectivity index (χ1n) is 6.49. The summed E-state index contributed by atoms with van der Waals surface area (Å²) >= 11 is 3.53. The Morgan fingerprint density at radius 1 is 0.952 bits per heavy atom. The highest BCUT2D eigenvalue weighted by Crippen LogP contribution is 2.28. The summed E-state index contributed by atoms with van der Waals surface area (Å²) in [6, 6.07) is 11.5. The molecule has 0 aliphatic rings. The van der Waals surface area contributed by atoms with E-state index >= 15 is 0 Å². The zero-order chi connectivity index (χ0) is 15.2. The Balaban J connectivity index is 2.12. The van der Waals surface area contributed by atoms with Crippen molar-refractivity contribution in [1.82, 2.24) is 0 Å². The lowest BCUT2D eigenvalue weighted by molar-refractivity contribution is 0.299. The van der Waals surface area contributed by atoms with Crippen LogP contribution in [0, 0.1) is 0 Å². The molecule has 0 bridgehead atoms. The SMILES string of the molecule is COc1cc(OC)cc(OCc2ccc(CN)cc2Br)c1. The Kier molecular flexibility index (Phi) is 5.47. The molecule has 0 aliphatic carbocycles. The van der Waals surface area contributed by atoms with E-state index < -0.39 is 0 Å². The molecule has 0 fully saturated rings.